The van der Waals surface area contributed by atoms with Gasteiger partial charge in [0.2, 0.25) is 0 Å². The standard InChI is InChI=1S/C9H14O7S2/c10-9(15-7-1-3-17(11,12)5-7)16-8-2-4-18(13,14)6-8/h7-8H,1-6H2/t7-,8-/m0/s1. The molecule has 2 saturated heterocycles. The van der Waals surface area contributed by atoms with Crippen molar-refractivity contribution in [3.8, 4) is 0 Å². The number of hydrogen-bond donors (Lipinski definition) is 0. The van der Waals surface area contributed by atoms with Crippen molar-refractivity contribution in [3.63, 3.8) is 0 Å². The molecule has 2 heterocycles. The van der Waals surface area contributed by atoms with Gasteiger partial charge in [-0.05, 0) is 12.8 Å². The zero-order valence-electron chi connectivity index (χ0n) is 9.57. The fourth-order valence-corrected chi connectivity index (χ4v) is 5.19. The van der Waals surface area contributed by atoms with Gasteiger partial charge in [0.05, 0.1) is 23.0 Å². The first-order valence-electron chi connectivity index (χ1n) is 5.54. The number of hydrogen-bond acceptors (Lipinski definition) is 7. The van der Waals surface area contributed by atoms with Crippen LogP contribution in [0.25, 0.3) is 0 Å². The Bertz CT molecular complexity index is 485. The molecule has 0 aromatic rings. The molecule has 2 rings (SSSR count). The van der Waals surface area contributed by atoms with E-state index in [1.54, 1.807) is 0 Å². The zero-order valence-corrected chi connectivity index (χ0v) is 11.2. The lowest BCUT2D eigenvalue weighted by Crippen LogP contribution is -2.25. The molecule has 2 aliphatic rings. The van der Waals surface area contributed by atoms with E-state index in [0.29, 0.717) is 0 Å². The Morgan fingerprint density at radius 1 is 0.833 bits per heavy atom. The summed E-state index contributed by atoms with van der Waals surface area (Å²) in [6.07, 6.45) is -1.82. The minimum Gasteiger partial charge on any atom is -0.430 e. The van der Waals surface area contributed by atoms with Crippen LogP contribution in [0.15, 0.2) is 0 Å². The summed E-state index contributed by atoms with van der Waals surface area (Å²) in [5, 5.41) is 0. The van der Waals surface area contributed by atoms with Gasteiger partial charge in [-0.25, -0.2) is 21.6 Å². The summed E-state index contributed by atoms with van der Waals surface area (Å²) < 4.78 is 54.2. The van der Waals surface area contributed by atoms with E-state index in [1.165, 1.54) is 0 Å². The van der Waals surface area contributed by atoms with Crippen LogP contribution in [0.3, 0.4) is 0 Å². The van der Waals surface area contributed by atoms with Crippen LogP contribution < -0.4 is 0 Å². The van der Waals surface area contributed by atoms with Gasteiger partial charge in [0.1, 0.15) is 12.2 Å². The number of rotatable bonds is 2. The molecule has 0 radical (unpaired) electrons. The maximum atomic E-state index is 11.3. The van der Waals surface area contributed by atoms with Crippen LogP contribution >= 0.6 is 0 Å². The highest BCUT2D eigenvalue weighted by molar-refractivity contribution is 7.91. The lowest BCUT2D eigenvalue weighted by atomic mass is 10.3. The summed E-state index contributed by atoms with van der Waals surface area (Å²) >= 11 is 0. The Balaban J connectivity index is 1.80. The fourth-order valence-electron chi connectivity index (χ4n) is 2.01. The van der Waals surface area contributed by atoms with E-state index in [2.05, 4.69) is 0 Å². The molecule has 2 aliphatic heterocycles. The molecule has 2 atom stereocenters. The quantitative estimate of drug-likeness (QED) is 0.634. The molecule has 18 heavy (non-hydrogen) atoms. The highest BCUT2D eigenvalue weighted by Crippen LogP contribution is 2.18. The highest BCUT2D eigenvalue weighted by atomic mass is 32.2. The lowest BCUT2D eigenvalue weighted by Gasteiger charge is -2.13. The van der Waals surface area contributed by atoms with Gasteiger partial charge in [-0.15, -0.1) is 0 Å². The first kappa shape index (κ1) is 13.6. The summed E-state index contributed by atoms with van der Waals surface area (Å²) in [6.45, 7) is 0. The van der Waals surface area contributed by atoms with Gasteiger partial charge >= 0.3 is 6.16 Å². The third kappa shape index (κ3) is 3.58. The molecule has 7 nitrogen and oxygen atoms in total. The van der Waals surface area contributed by atoms with Crippen molar-refractivity contribution in [1.82, 2.24) is 0 Å². The van der Waals surface area contributed by atoms with Crippen LogP contribution in [-0.4, -0.2) is 58.2 Å². The first-order chi connectivity index (χ1) is 8.26. The maximum absolute atomic E-state index is 11.3. The van der Waals surface area contributed by atoms with Gasteiger partial charge in [-0.2, -0.15) is 0 Å². The Labute approximate surface area is 105 Å². The van der Waals surface area contributed by atoms with Crippen molar-refractivity contribution < 1.29 is 31.1 Å². The Kier molecular flexibility index (Phi) is 3.54. The Hall–Kier alpha value is -0.830. The topological polar surface area (TPSA) is 104 Å². The van der Waals surface area contributed by atoms with E-state index in [4.69, 9.17) is 9.47 Å². The van der Waals surface area contributed by atoms with Crippen LogP contribution in [0.1, 0.15) is 12.8 Å². The highest BCUT2D eigenvalue weighted by Gasteiger charge is 2.34. The second kappa shape index (κ2) is 4.69. The molecule has 0 aromatic carbocycles. The largest absolute Gasteiger partial charge is 0.508 e. The minimum absolute atomic E-state index is 0.00273. The minimum atomic E-state index is -3.12. The predicted octanol–water partition coefficient (Wildman–Crippen LogP) is -0.486. The summed E-state index contributed by atoms with van der Waals surface area (Å²) in [5.41, 5.74) is 0. The molecular formula is C9H14O7S2. The average Bonchev–Trinajstić information content (AvgIpc) is 2.69. The molecule has 0 aromatic heterocycles. The first-order valence-corrected chi connectivity index (χ1v) is 9.18. The molecule has 0 spiro atoms. The molecule has 0 N–H and O–H groups in total. The van der Waals surface area contributed by atoms with Crippen LogP contribution in [0, 0.1) is 0 Å². The van der Waals surface area contributed by atoms with E-state index >= 15 is 0 Å². The molecule has 9 heteroatoms. The third-order valence-corrected chi connectivity index (χ3v) is 6.38. The molecule has 0 bridgehead atoms. The van der Waals surface area contributed by atoms with Gasteiger partial charge in [-0.3, -0.25) is 0 Å². The molecular weight excluding hydrogens is 284 g/mol. The number of carbonyl (C=O) groups excluding carboxylic acids is 1. The second-order valence-electron chi connectivity index (χ2n) is 4.54. The molecule has 0 saturated carbocycles. The smallest absolute Gasteiger partial charge is 0.430 e. The van der Waals surface area contributed by atoms with Crippen molar-refractivity contribution in [2.24, 2.45) is 0 Å². The summed E-state index contributed by atoms with van der Waals surface area (Å²) in [7, 11) is -6.23. The van der Waals surface area contributed by atoms with Crippen molar-refractivity contribution in [3.05, 3.63) is 0 Å². The normalized spacial score (nSPS) is 33.1. The van der Waals surface area contributed by atoms with Crippen LogP contribution in [0.5, 0.6) is 0 Å². The fraction of sp³-hybridized carbons (Fsp3) is 0.889. The SMILES string of the molecule is O=C(O[C@H]1CCS(=O)(=O)C1)O[C@H]1CCS(=O)(=O)C1. The predicted molar refractivity (Wildman–Crippen MR) is 61.7 cm³/mol. The van der Waals surface area contributed by atoms with Gasteiger partial charge in [0, 0.05) is 0 Å². The van der Waals surface area contributed by atoms with Crippen molar-refractivity contribution in [2.45, 2.75) is 25.0 Å². The maximum Gasteiger partial charge on any atom is 0.508 e. The van der Waals surface area contributed by atoms with E-state index in [1.807, 2.05) is 0 Å². The van der Waals surface area contributed by atoms with Gasteiger partial charge in [0.15, 0.2) is 19.7 Å². The van der Waals surface area contributed by atoms with Crippen molar-refractivity contribution in [1.29, 1.82) is 0 Å². The van der Waals surface area contributed by atoms with Crippen molar-refractivity contribution >= 4 is 25.8 Å². The van der Waals surface area contributed by atoms with E-state index in [9.17, 15) is 21.6 Å². The number of ether oxygens (including phenoxy) is 2. The zero-order chi connectivity index (χ0) is 13.4. The van der Waals surface area contributed by atoms with Gasteiger partial charge in [0.25, 0.3) is 0 Å². The van der Waals surface area contributed by atoms with Crippen molar-refractivity contribution in [2.75, 3.05) is 23.0 Å². The molecule has 2 fully saturated rings. The average molecular weight is 298 g/mol. The lowest BCUT2D eigenvalue weighted by molar-refractivity contribution is 0.0113. The van der Waals surface area contributed by atoms with E-state index in [0.717, 1.165) is 0 Å². The third-order valence-electron chi connectivity index (χ3n) is 2.91. The second-order valence-corrected chi connectivity index (χ2v) is 8.99. The van der Waals surface area contributed by atoms with Crippen LogP contribution in [0.2, 0.25) is 0 Å². The summed E-state index contributed by atoms with van der Waals surface area (Å²) in [4.78, 5) is 11.3. The summed E-state index contributed by atoms with van der Waals surface area (Å²) in [6, 6.07) is 0. The molecule has 0 amide bonds. The monoisotopic (exact) mass is 298 g/mol. The number of carbonyl (C=O) groups is 1. The molecule has 0 aliphatic carbocycles. The van der Waals surface area contributed by atoms with E-state index in [-0.39, 0.29) is 35.9 Å². The molecule has 104 valence electrons. The van der Waals surface area contributed by atoms with Gasteiger partial charge < -0.3 is 9.47 Å². The van der Waals surface area contributed by atoms with Gasteiger partial charge in [-0.1, -0.05) is 0 Å². The van der Waals surface area contributed by atoms with Crippen LogP contribution in [0.4, 0.5) is 4.79 Å². The Morgan fingerprint density at radius 2 is 1.22 bits per heavy atom. The summed E-state index contributed by atoms with van der Waals surface area (Å²) in [5.74, 6) is -0.373. The number of sulfone groups is 2. The molecule has 0 unspecified atom stereocenters. The van der Waals surface area contributed by atoms with Crippen LogP contribution in [-0.2, 0) is 29.1 Å². The Morgan fingerprint density at radius 3 is 1.50 bits per heavy atom. The van der Waals surface area contributed by atoms with E-state index < -0.39 is 38.0 Å².